The van der Waals surface area contributed by atoms with E-state index in [0.717, 1.165) is 45.2 Å². The topological polar surface area (TPSA) is 40.5 Å². The normalized spacial score (nSPS) is 35.9. The summed E-state index contributed by atoms with van der Waals surface area (Å²) in [5, 5.41) is 9.18. The summed E-state index contributed by atoms with van der Waals surface area (Å²) in [6.45, 7) is 1.96. The summed E-state index contributed by atoms with van der Waals surface area (Å²) < 4.78 is 0. The van der Waals surface area contributed by atoms with Crippen LogP contribution < -0.4 is 0 Å². The standard InChI is InChI=1S/C12H21NO2/c1-13(7-9-5-11(14)6-9)8-10-3-2-4-12(10)15/h9-11,14H,2-8H2,1H3. The van der Waals surface area contributed by atoms with E-state index in [1.54, 1.807) is 0 Å². The molecule has 0 spiro atoms. The van der Waals surface area contributed by atoms with Gasteiger partial charge in [0.25, 0.3) is 0 Å². The molecular formula is C12H21NO2. The van der Waals surface area contributed by atoms with E-state index in [9.17, 15) is 9.90 Å². The smallest absolute Gasteiger partial charge is 0.137 e. The molecule has 2 fully saturated rings. The van der Waals surface area contributed by atoms with Crippen LogP contribution in [-0.4, -0.2) is 42.0 Å². The largest absolute Gasteiger partial charge is 0.393 e. The lowest BCUT2D eigenvalue weighted by Gasteiger charge is -2.35. The van der Waals surface area contributed by atoms with Crippen molar-refractivity contribution in [2.24, 2.45) is 11.8 Å². The number of Topliss-reactive ketones (excluding diaryl/α,β-unsaturated/α-hetero) is 1. The minimum atomic E-state index is -0.0588. The van der Waals surface area contributed by atoms with Gasteiger partial charge in [0.1, 0.15) is 5.78 Å². The Morgan fingerprint density at radius 1 is 1.40 bits per heavy atom. The van der Waals surface area contributed by atoms with Crippen LogP contribution in [0.2, 0.25) is 0 Å². The molecule has 3 heteroatoms. The Labute approximate surface area is 91.5 Å². The Bertz CT molecular complexity index is 236. The minimum Gasteiger partial charge on any atom is -0.393 e. The van der Waals surface area contributed by atoms with Crippen LogP contribution in [0.1, 0.15) is 32.1 Å². The first kappa shape index (κ1) is 11.1. The van der Waals surface area contributed by atoms with Gasteiger partial charge in [-0.3, -0.25) is 4.79 Å². The van der Waals surface area contributed by atoms with Crippen LogP contribution in [0.3, 0.4) is 0 Å². The van der Waals surface area contributed by atoms with Gasteiger partial charge in [-0.15, -0.1) is 0 Å². The monoisotopic (exact) mass is 211 g/mol. The fourth-order valence-corrected chi connectivity index (χ4v) is 2.82. The highest BCUT2D eigenvalue weighted by Crippen LogP contribution is 2.28. The van der Waals surface area contributed by atoms with Gasteiger partial charge in [0, 0.05) is 25.4 Å². The molecule has 0 aromatic heterocycles. The Morgan fingerprint density at radius 3 is 2.67 bits per heavy atom. The van der Waals surface area contributed by atoms with Crippen molar-refractivity contribution in [1.29, 1.82) is 0 Å². The third-order valence-corrected chi connectivity index (χ3v) is 3.74. The molecule has 1 atom stereocenters. The average molecular weight is 211 g/mol. The quantitative estimate of drug-likeness (QED) is 0.756. The van der Waals surface area contributed by atoms with Gasteiger partial charge in [-0.05, 0) is 38.6 Å². The lowest BCUT2D eigenvalue weighted by Crippen LogP contribution is -2.39. The minimum absolute atomic E-state index is 0.0588. The van der Waals surface area contributed by atoms with Crippen LogP contribution in [0.15, 0.2) is 0 Å². The molecule has 3 nitrogen and oxygen atoms in total. The second-order valence-corrected chi connectivity index (χ2v) is 5.27. The fourth-order valence-electron chi connectivity index (χ4n) is 2.82. The second kappa shape index (κ2) is 4.62. The van der Waals surface area contributed by atoms with Gasteiger partial charge in [0.05, 0.1) is 6.10 Å². The summed E-state index contributed by atoms with van der Waals surface area (Å²) in [5.74, 6) is 1.40. The first-order chi connectivity index (χ1) is 7.15. The zero-order valence-corrected chi connectivity index (χ0v) is 9.48. The van der Waals surface area contributed by atoms with E-state index in [2.05, 4.69) is 11.9 Å². The molecule has 0 aromatic carbocycles. The molecule has 1 unspecified atom stereocenters. The van der Waals surface area contributed by atoms with Crippen molar-refractivity contribution in [2.75, 3.05) is 20.1 Å². The van der Waals surface area contributed by atoms with E-state index in [4.69, 9.17) is 0 Å². The maximum absolute atomic E-state index is 11.5. The third kappa shape index (κ3) is 2.79. The first-order valence-corrected chi connectivity index (χ1v) is 6.04. The molecule has 86 valence electrons. The predicted octanol–water partition coefficient (Wildman–Crippen LogP) is 1.06. The number of carbonyl (C=O) groups excluding carboxylic acids is 1. The maximum Gasteiger partial charge on any atom is 0.137 e. The van der Waals surface area contributed by atoms with Gasteiger partial charge < -0.3 is 10.0 Å². The number of aliphatic hydroxyl groups is 1. The Hall–Kier alpha value is -0.410. The highest BCUT2D eigenvalue weighted by molar-refractivity contribution is 5.83. The molecule has 0 saturated heterocycles. The number of aliphatic hydroxyl groups excluding tert-OH is 1. The van der Waals surface area contributed by atoms with E-state index >= 15 is 0 Å². The lowest BCUT2D eigenvalue weighted by molar-refractivity contribution is -0.121. The number of nitrogens with zero attached hydrogens (tertiary/aromatic N) is 1. The lowest BCUT2D eigenvalue weighted by atomic mass is 9.82. The predicted molar refractivity (Wildman–Crippen MR) is 58.6 cm³/mol. The number of rotatable bonds is 4. The first-order valence-electron chi connectivity index (χ1n) is 6.04. The van der Waals surface area contributed by atoms with Gasteiger partial charge in [-0.25, -0.2) is 0 Å². The van der Waals surface area contributed by atoms with E-state index in [-0.39, 0.29) is 6.10 Å². The molecule has 0 aromatic rings. The molecule has 0 radical (unpaired) electrons. The summed E-state index contributed by atoms with van der Waals surface area (Å²) in [7, 11) is 2.09. The molecular weight excluding hydrogens is 190 g/mol. The molecule has 2 aliphatic carbocycles. The van der Waals surface area contributed by atoms with Crippen LogP contribution in [-0.2, 0) is 4.79 Å². The van der Waals surface area contributed by atoms with Crippen molar-refractivity contribution in [3.05, 3.63) is 0 Å². The molecule has 2 rings (SSSR count). The summed E-state index contributed by atoms with van der Waals surface area (Å²) in [6.07, 6.45) is 4.79. The zero-order valence-electron chi connectivity index (χ0n) is 9.48. The summed E-state index contributed by atoms with van der Waals surface area (Å²) in [6, 6.07) is 0. The van der Waals surface area contributed by atoms with E-state index < -0.39 is 0 Å². The molecule has 1 N–H and O–H groups in total. The summed E-state index contributed by atoms with van der Waals surface area (Å²) in [4.78, 5) is 13.7. The van der Waals surface area contributed by atoms with Crippen LogP contribution in [0, 0.1) is 11.8 Å². The Morgan fingerprint density at radius 2 is 2.13 bits per heavy atom. The number of hydrogen-bond acceptors (Lipinski definition) is 3. The molecule has 2 aliphatic rings. The van der Waals surface area contributed by atoms with Gasteiger partial charge in [-0.1, -0.05) is 0 Å². The highest BCUT2D eigenvalue weighted by atomic mass is 16.3. The van der Waals surface area contributed by atoms with Crippen LogP contribution >= 0.6 is 0 Å². The molecule has 0 heterocycles. The van der Waals surface area contributed by atoms with Crippen molar-refractivity contribution >= 4 is 5.78 Å². The Kier molecular flexibility index (Phi) is 3.42. The van der Waals surface area contributed by atoms with Crippen LogP contribution in [0.4, 0.5) is 0 Å². The fraction of sp³-hybridized carbons (Fsp3) is 0.917. The van der Waals surface area contributed by atoms with Gasteiger partial charge >= 0.3 is 0 Å². The molecule has 0 bridgehead atoms. The van der Waals surface area contributed by atoms with Crippen LogP contribution in [0.25, 0.3) is 0 Å². The van der Waals surface area contributed by atoms with Gasteiger partial charge in [0.15, 0.2) is 0 Å². The second-order valence-electron chi connectivity index (χ2n) is 5.27. The number of carbonyl (C=O) groups is 1. The Balaban J connectivity index is 1.68. The third-order valence-electron chi connectivity index (χ3n) is 3.74. The summed E-state index contributed by atoms with van der Waals surface area (Å²) in [5.41, 5.74) is 0. The zero-order chi connectivity index (χ0) is 10.8. The van der Waals surface area contributed by atoms with Crippen molar-refractivity contribution < 1.29 is 9.90 Å². The van der Waals surface area contributed by atoms with E-state index in [1.807, 2.05) is 0 Å². The number of ketones is 1. The molecule has 2 saturated carbocycles. The van der Waals surface area contributed by atoms with Crippen molar-refractivity contribution in [3.8, 4) is 0 Å². The van der Waals surface area contributed by atoms with Gasteiger partial charge in [-0.2, -0.15) is 0 Å². The molecule has 15 heavy (non-hydrogen) atoms. The van der Waals surface area contributed by atoms with Crippen molar-refractivity contribution in [3.63, 3.8) is 0 Å². The van der Waals surface area contributed by atoms with E-state index in [1.165, 1.54) is 0 Å². The maximum atomic E-state index is 11.5. The molecule has 0 amide bonds. The summed E-state index contributed by atoms with van der Waals surface area (Å²) >= 11 is 0. The SMILES string of the molecule is CN(CC1CC(O)C1)CC1CCCC1=O. The van der Waals surface area contributed by atoms with Gasteiger partial charge in [0.2, 0.25) is 0 Å². The highest BCUT2D eigenvalue weighted by Gasteiger charge is 2.30. The van der Waals surface area contributed by atoms with Crippen LogP contribution in [0.5, 0.6) is 0 Å². The molecule has 0 aliphatic heterocycles. The number of hydrogen-bond donors (Lipinski definition) is 1. The van der Waals surface area contributed by atoms with E-state index in [0.29, 0.717) is 17.6 Å². The van der Waals surface area contributed by atoms with Crippen molar-refractivity contribution in [2.45, 2.75) is 38.2 Å². The average Bonchev–Trinajstić information content (AvgIpc) is 2.49. The van der Waals surface area contributed by atoms with Crippen molar-refractivity contribution in [1.82, 2.24) is 4.90 Å².